The smallest absolute Gasteiger partial charge is 0.123 e. The van der Waals surface area contributed by atoms with Gasteiger partial charge in [0.05, 0.1) is 12.7 Å². The number of ether oxygens (including phenoxy) is 1. The second-order valence-electron chi connectivity index (χ2n) is 4.83. The Labute approximate surface area is 104 Å². The van der Waals surface area contributed by atoms with Crippen LogP contribution in [0.1, 0.15) is 25.8 Å². The van der Waals surface area contributed by atoms with E-state index < -0.39 is 5.60 Å². The Morgan fingerprint density at radius 2 is 2.00 bits per heavy atom. The van der Waals surface area contributed by atoms with E-state index in [1.54, 1.807) is 7.11 Å². The van der Waals surface area contributed by atoms with Crippen LogP contribution in [0.2, 0.25) is 0 Å². The lowest BCUT2D eigenvalue weighted by Gasteiger charge is -2.28. The van der Waals surface area contributed by atoms with E-state index in [0.29, 0.717) is 6.54 Å². The fourth-order valence-electron chi connectivity index (χ4n) is 1.87. The van der Waals surface area contributed by atoms with E-state index in [-0.39, 0.29) is 0 Å². The van der Waals surface area contributed by atoms with Crippen LogP contribution in [-0.4, -0.2) is 36.3 Å². The topological polar surface area (TPSA) is 32.7 Å². The molecule has 1 unspecified atom stereocenters. The van der Waals surface area contributed by atoms with Crippen LogP contribution < -0.4 is 4.74 Å². The first-order valence-corrected chi connectivity index (χ1v) is 6.01. The summed E-state index contributed by atoms with van der Waals surface area (Å²) in [4.78, 5) is 2.11. The Hall–Kier alpha value is -1.06. The van der Waals surface area contributed by atoms with Crippen molar-refractivity contribution in [2.75, 3.05) is 20.7 Å². The van der Waals surface area contributed by atoms with E-state index in [4.69, 9.17) is 4.74 Å². The molecule has 0 aliphatic carbocycles. The normalized spacial score (nSPS) is 14.7. The first kappa shape index (κ1) is 14.0. The zero-order chi connectivity index (χ0) is 12.9. The molecule has 0 amide bonds. The fourth-order valence-corrected chi connectivity index (χ4v) is 1.87. The summed E-state index contributed by atoms with van der Waals surface area (Å²) in [7, 11) is 3.69. The number of para-hydroxylation sites is 1. The molecular formula is C14H23NO2. The molecule has 0 saturated carbocycles. The molecule has 1 N–H and O–H groups in total. The molecular weight excluding hydrogens is 214 g/mol. The van der Waals surface area contributed by atoms with Crippen molar-refractivity contribution in [3.63, 3.8) is 0 Å². The van der Waals surface area contributed by atoms with Crippen molar-refractivity contribution in [3.8, 4) is 5.75 Å². The summed E-state index contributed by atoms with van der Waals surface area (Å²) in [6.45, 7) is 5.30. The van der Waals surface area contributed by atoms with Crippen LogP contribution in [0.5, 0.6) is 5.75 Å². The van der Waals surface area contributed by atoms with Gasteiger partial charge in [0, 0.05) is 18.7 Å². The minimum absolute atomic E-state index is 0.628. The minimum Gasteiger partial charge on any atom is -0.496 e. The number of likely N-dealkylation sites (N-methyl/N-ethyl adjacent to an activating group) is 1. The monoisotopic (exact) mass is 237 g/mol. The molecule has 0 heterocycles. The molecule has 96 valence electrons. The van der Waals surface area contributed by atoms with Gasteiger partial charge in [-0.25, -0.2) is 0 Å². The minimum atomic E-state index is -0.628. The lowest BCUT2D eigenvalue weighted by molar-refractivity contribution is 0.0216. The molecule has 0 radical (unpaired) electrons. The molecule has 0 spiro atoms. The van der Waals surface area contributed by atoms with Gasteiger partial charge in [-0.3, -0.25) is 4.90 Å². The van der Waals surface area contributed by atoms with Crippen LogP contribution in [0.15, 0.2) is 24.3 Å². The van der Waals surface area contributed by atoms with Crippen LogP contribution in [0.3, 0.4) is 0 Å². The molecule has 0 aromatic heterocycles. The van der Waals surface area contributed by atoms with Crippen molar-refractivity contribution in [1.82, 2.24) is 4.90 Å². The molecule has 1 atom stereocenters. The average molecular weight is 237 g/mol. The number of hydrogen-bond acceptors (Lipinski definition) is 3. The van der Waals surface area contributed by atoms with Crippen LogP contribution in [0.4, 0.5) is 0 Å². The predicted molar refractivity (Wildman–Crippen MR) is 70.2 cm³/mol. The van der Waals surface area contributed by atoms with E-state index in [1.165, 1.54) is 0 Å². The van der Waals surface area contributed by atoms with Crippen LogP contribution in [0, 0.1) is 0 Å². The van der Waals surface area contributed by atoms with Gasteiger partial charge in [0.15, 0.2) is 0 Å². The summed E-state index contributed by atoms with van der Waals surface area (Å²) in [6, 6.07) is 7.98. The van der Waals surface area contributed by atoms with Gasteiger partial charge in [-0.1, -0.05) is 25.1 Å². The quantitative estimate of drug-likeness (QED) is 0.824. The SMILES string of the molecule is CCC(C)(O)CN(C)Cc1ccccc1OC. The molecule has 3 heteroatoms. The van der Waals surface area contributed by atoms with Crippen molar-refractivity contribution in [2.24, 2.45) is 0 Å². The maximum absolute atomic E-state index is 10.0. The molecule has 1 aromatic carbocycles. The molecule has 0 aliphatic rings. The first-order valence-electron chi connectivity index (χ1n) is 6.01. The summed E-state index contributed by atoms with van der Waals surface area (Å²) in [5, 5.41) is 10.0. The van der Waals surface area contributed by atoms with Crippen molar-refractivity contribution in [3.05, 3.63) is 29.8 Å². The van der Waals surface area contributed by atoms with E-state index >= 15 is 0 Å². The lowest BCUT2D eigenvalue weighted by atomic mass is 10.0. The fraction of sp³-hybridized carbons (Fsp3) is 0.571. The van der Waals surface area contributed by atoms with Crippen molar-refractivity contribution >= 4 is 0 Å². The Kier molecular flexibility index (Phi) is 4.97. The van der Waals surface area contributed by atoms with Gasteiger partial charge in [0.25, 0.3) is 0 Å². The molecule has 0 saturated heterocycles. The average Bonchev–Trinajstić information content (AvgIpc) is 2.29. The number of nitrogens with zero attached hydrogens (tertiary/aromatic N) is 1. The van der Waals surface area contributed by atoms with Gasteiger partial charge >= 0.3 is 0 Å². The third-order valence-electron chi connectivity index (χ3n) is 3.00. The van der Waals surface area contributed by atoms with Gasteiger partial charge in [-0.2, -0.15) is 0 Å². The van der Waals surface area contributed by atoms with Crippen LogP contribution >= 0.6 is 0 Å². The van der Waals surface area contributed by atoms with Crippen molar-refractivity contribution < 1.29 is 9.84 Å². The Balaban J connectivity index is 2.65. The Bertz CT molecular complexity index is 350. The van der Waals surface area contributed by atoms with Crippen molar-refractivity contribution in [1.29, 1.82) is 0 Å². The van der Waals surface area contributed by atoms with Gasteiger partial charge in [0.2, 0.25) is 0 Å². The summed E-state index contributed by atoms with van der Waals surface area (Å²) < 4.78 is 5.31. The largest absolute Gasteiger partial charge is 0.496 e. The van der Waals surface area contributed by atoms with E-state index in [0.717, 1.165) is 24.3 Å². The van der Waals surface area contributed by atoms with Gasteiger partial charge in [-0.05, 0) is 26.5 Å². The highest BCUT2D eigenvalue weighted by Crippen LogP contribution is 2.20. The highest BCUT2D eigenvalue weighted by Gasteiger charge is 2.20. The maximum Gasteiger partial charge on any atom is 0.123 e. The number of benzene rings is 1. The van der Waals surface area contributed by atoms with Crippen LogP contribution in [-0.2, 0) is 6.54 Å². The van der Waals surface area contributed by atoms with Gasteiger partial charge in [0.1, 0.15) is 5.75 Å². The molecule has 0 fully saturated rings. The maximum atomic E-state index is 10.0. The molecule has 0 aliphatic heterocycles. The Morgan fingerprint density at radius 3 is 2.59 bits per heavy atom. The second kappa shape index (κ2) is 6.03. The standard InChI is InChI=1S/C14H23NO2/c1-5-14(2,16)11-15(3)10-12-8-6-7-9-13(12)17-4/h6-9,16H,5,10-11H2,1-4H3. The first-order chi connectivity index (χ1) is 7.98. The molecule has 3 nitrogen and oxygen atoms in total. The van der Waals surface area contributed by atoms with Gasteiger partial charge in [-0.15, -0.1) is 0 Å². The third-order valence-corrected chi connectivity index (χ3v) is 3.00. The van der Waals surface area contributed by atoms with Crippen molar-refractivity contribution in [2.45, 2.75) is 32.4 Å². The second-order valence-corrected chi connectivity index (χ2v) is 4.83. The highest BCUT2D eigenvalue weighted by molar-refractivity contribution is 5.33. The van der Waals surface area contributed by atoms with E-state index in [1.807, 2.05) is 39.1 Å². The van der Waals surface area contributed by atoms with E-state index in [2.05, 4.69) is 11.0 Å². The lowest BCUT2D eigenvalue weighted by Crippen LogP contribution is -2.38. The summed E-state index contributed by atoms with van der Waals surface area (Å²) >= 11 is 0. The number of hydrogen-bond donors (Lipinski definition) is 1. The summed E-state index contributed by atoms with van der Waals surface area (Å²) in [5.74, 6) is 0.899. The van der Waals surface area contributed by atoms with Crippen LogP contribution in [0.25, 0.3) is 0 Å². The molecule has 1 rings (SSSR count). The third kappa shape index (κ3) is 4.36. The van der Waals surface area contributed by atoms with Gasteiger partial charge < -0.3 is 9.84 Å². The molecule has 0 bridgehead atoms. The number of aliphatic hydroxyl groups is 1. The summed E-state index contributed by atoms with van der Waals surface area (Å²) in [6.07, 6.45) is 0.753. The number of rotatable bonds is 6. The zero-order valence-corrected chi connectivity index (χ0v) is 11.2. The highest BCUT2D eigenvalue weighted by atomic mass is 16.5. The van der Waals surface area contributed by atoms with E-state index in [9.17, 15) is 5.11 Å². The molecule has 17 heavy (non-hydrogen) atoms. The number of methoxy groups -OCH3 is 1. The molecule has 1 aromatic rings. The zero-order valence-electron chi connectivity index (χ0n) is 11.2. The predicted octanol–water partition coefficient (Wildman–Crippen LogP) is 2.29. The summed E-state index contributed by atoms with van der Waals surface area (Å²) in [5.41, 5.74) is 0.515. The Morgan fingerprint density at radius 1 is 1.35 bits per heavy atom.